The summed E-state index contributed by atoms with van der Waals surface area (Å²) in [4.78, 5) is 29.5. The average molecular weight is 650 g/mol. The van der Waals surface area contributed by atoms with Crippen LogP contribution in [0.2, 0.25) is 5.02 Å². The molecule has 0 aromatic heterocycles. The van der Waals surface area contributed by atoms with Crippen molar-refractivity contribution in [3.05, 3.63) is 130 Å². The van der Waals surface area contributed by atoms with Gasteiger partial charge in [-0.15, -0.1) is 0 Å². The van der Waals surface area contributed by atoms with Crippen LogP contribution in [0.25, 0.3) is 0 Å². The number of sulfonamides is 1. The van der Waals surface area contributed by atoms with Crippen LogP contribution in [0.15, 0.2) is 102 Å². The minimum absolute atomic E-state index is 0.00637. The number of aryl methyl sites for hydroxylation is 2. The van der Waals surface area contributed by atoms with Gasteiger partial charge in [-0.3, -0.25) is 13.9 Å². The van der Waals surface area contributed by atoms with Gasteiger partial charge in [0.2, 0.25) is 11.8 Å². The molecule has 1 atom stereocenters. The SMILES string of the molecule is CCCNC(=O)[C@@H](Cc1ccccc1)N(Cc1ccc(F)cc1)C(=O)CN(c1cc(Cl)ccc1C)S(=O)(=O)c1ccc(C)cc1. The van der Waals surface area contributed by atoms with Crippen molar-refractivity contribution in [2.45, 2.75) is 51.1 Å². The maximum absolute atomic E-state index is 14.5. The summed E-state index contributed by atoms with van der Waals surface area (Å²) < 4.78 is 43.2. The van der Waals surface area contributed by atoms with Crippen molar-refractivity contribution >= 4 is 39.1 Å². The number of hydrogen-bond acceptors (Lipinski definition) is 4. The Morgan fingerprint density at radius 2 is 1.56 bits per heavy atom. The summed E-state index contributed by atoms with van der Waals surface area (Å²) in [6, 6.07) is 25.2. The molecule has 0 aliphatic rings. The van der Waals surface area contributed by atoms with E-state index >= 15 is 0 Å². The molecule has 7 nitrogen and oxygen atoms in total. The highest BCUT2D eigenvalue weighted by Crippen LogP contribution is 2.30. The van der Waals surface area contributed by atoms with Crippen molar-refractivity contribution in [2.75, 3.05) is 17.4 Å². The lowest BCUT2D eigenvalue weighted by molar-refractivity contribution is -0.140. The maximum atomic E-state index is 14.5. The van der Waals surface area contributed by atoms with E-state index in [1.165, 1.54) is 35.2 Å². The minimum Gasteiger partial charge on any atom is -0.354 e. The number of carbonyl (C=O) groups excluding carboxylic acids is 2. The predicted octanol–water partition coefficient (Wildman–Crippen LogP) is 6.46. The highest BCUT2D eigenvalue weighted by Gasteiger charge is 2.35. The van der Waals surface area contributed by atoms with E-state index in [0.717, 1.165) is 15.4 Å². The van der Waals surface area contributed by atoms with Crippen LogP contribution in [0, 0.1) is 19.7 Å². The summed E-state index contributed by atoms with van der Waals surface area (Å²) in [6.07, 6.45) is 0.872. The van der Waals surface area contributed by atoms with Gasteiger partial charge < -0.3 is 10.2 Å². The predicted molar refractivity (Wildman–Crippen MR) is 176 cm³/mol. The van der Waals surface area contributed by atoms with E-state index in [0.29, 0.717) is 29.1 Å². The molecule has 0 radical (unpaired) electrons. The van der Waals surface area contributed by atoms with E-state index in [9.17, 15) is 22.4 Å². The fourth-order valence-corrected chi connectivity index (χ4v) is 6.55. The van der Waals surface area contributed by atoms with Gasteiger partial charge in [-0.05, 0) is 73.4 Å². The smallest absolute Gasteiger partial charge is 0.264 e. The monoisotopic (exact) mass is 649 g/mol. The molecule has 0 heterocycles. The van der Waals surface area contributed by atoms with Gasteiger partial charge in [-0.2, -0.15) is 0 Å². The number of benzene rings is 4. The third-order valence-electron chi connectivity index (χ3n) is 7.41. The molecular formula is C35H37ClFN3O4S. The molecule has 4 rings (SSSR count). The van der Waals surface area contributed by atoms with Gasteiger partial charge in [0, 0.05) is 24.5 Å². The van der Waals surface area contributed by atoms with Gasteiger partial charge in [0.1, 0.15) is 18.4 Å². The number of halogens is 2. The molecule has 0 unspecified atom stereocenters. The molecule has 1 N–H and O–H groups in total. The van der Waals surface area contributed by atoms with Gasteiger partial charge in [-0.1, -0.05) is 84.8 Å². The fraction of sp³-hybridized carbons (Fsp3) is 0.257. The third-order valence-corrected chi connectivity index (χ3v) is 9.42. The van der Waals surface area contributed by atoms with Crippen molar-refractivity contribution in [2.24, 2.45) is 0 Å². The Kier molecular flexibility index (Phi) is 11.4. The molecule has 0 saturated carbocycles. The lowest BCUT2D eigenvalue weighted by Crippen LogP contribution is -2.53. The summed E-state index contributed by atoms with van der Waals surface area (Å²) in [7, 11) is -4.26. The second kappa shape index (κ2) is 15.2. The first-order valence-corrected chi connectivity index (χ1v) is 16.5. The number of hydrogen-bond donors (Lipinski definition) is 1. The Bertz CT molecular complexity index is 1720. The van der Waals surface area contributed by atoms with E-state index in [4.69, 9.17) is 11.6 Å². The van der Waals surface area contributed by atoms with Crippen LogP contribution < -0.4 is 9.62 Å². The summed E-state index contributed by atoms with van der Waals surface area (Å²) in [5, 5.41) is 3.21. The van der Waals surface area contributed by atoms with Crippen LogP contribution in [-0.4, -0.2) is 44.3 Å². The summed E-state index contributed by atoms with van der Waals surface area (Å²) in [5.41, 5.74) is 3.12. The normalized spacial score (nSPS) is 11.9. The zero-order valence-corrected chi connectivity index (χ0v) is 27.1. The maximum Gasteiger partial charge on any atom is 0.264 e. The molecule has 10 heteroatoms. The fourth-order valence-electron chi connectivity index (χ4n) is 4.91. The van der Waals surface area contributed by atoms with Gasteiger partial charge in [-0.25, -0.2) is 12.8 Å². The quantitative estimate of drug-likeness (QED) is 0.180. The highest BCUT2D eigenvalue weighted by atomic mass is 35.5. The number of amides is 2. The summed E-state index contributed by atoms with van der Waals surface area (Å²) in [5.74, 6) is -1.42. The summed E-state index contributed by atoms with van der Waals surface area (Å²) in [6.45, 7) is 5.25. The molecule has 0 spiro atoms. The molecule has 0 bridgehead atoms. The highest BCUT2D eigenvalue weighted by molar-refractivity contribution is 7.92. The molecular weight excluding hydrogens is 613 g/mol. The van der Waals surface area contributed by atoms with E-state index in [1.54, 1.807) is 43.3 Å². The Hall–Kier alpha value is -4.21. The first-order chi connectivity index (χ1) is 21.5. The van der Waals surface area contributed by atoms with Crippen LogP contribution >= 0.6 is 11.6 Å². The van der Waals surface area contributed by atoms with Crippen LogP contribution in [0.3, 0.4) is 0 Å². The van der Waals surface area contributed by atoms with Gasteiger partial charge in [0.25, 0.3) is 10.0 Å². The Morgan fingerprint density at radius 3 is 2.20 bits per heavy atom. The minimum atomic E-state index is -4.26. The van der Waals surface area contributed by atoms with E-state index in [1.807, 2.05) is 44.2 Å². The number of anilines is 1. The molecule has 4 aromatic rings. The third kappa shape index (κ3) is 8.71. The number of nitrogens with zero attached hydrogens (tertiary/aromatic N) is 2. The first-order valence-electron chi connectivity index (χ1n) is 14.7. The van der Waals surface area contributed by atoms with E-state index in [2.05, 4.69) is 5.32 Å². The molecule has 236 valence electrons. The lowest BCUT2D eigenvalue weighted by Gasteiger charge is -2.34. The molecule has 0 fully saturated rings. The zero-order valence-electron chi connectivity index (χ0n) is 25.5. The first kappa shape index (κ1) is 33.7. The van der Waals surface area contributed by atoms with Gasteiger partial charge in [0.05, 0.1) is 10.6 Å². The van der Waals surface area contributed by atoms with Gasteiger partial charge >= 0.3 is 0 Å². The number of rotatable bonds is 13. The topological polar surface area (TPSA) is 86.8 Å². The van der Waals surface area contributed by atoms with E-state index in [-0.39, 0.29) is 29.5 Å². The van der Waals surface area contributed by atoms with Crippen LogP contribution in [-0.2, 0) is 32.6 Å². The Labute approximate surface area is 269 Å². The lowest BCUT2D eigenvalue weighted by atomic mass is 10.0. The number of nitrogens with one attached hydrogen (secondary N) is 1. The standard InChI is InChI=1S/C35H37ClFN3O4S/c1-4-20-38-35(42)33(21-27-8-6-5-7-9-27)39(23-28-13-16-30(37)17-14-28)34(41)24-40(32-22-29(36)15-12-26(32)3)45(43,44)31-18-10-25(2)11-19-31/h5-19,22,33H,4,20-21,23-24H2,1-3H3,(H,38,42)/t33-/m1/s1. The molecule has 0 saturated heterocycles. The zero-order chi connectivity index (χ0) is 32.6. The Morgan fingerprint density at radius 1 is 0.889 bits per heavy atom. The van der Waals surface area contributed by atoms with Crippen LogP contribution in [0.4, 0.5) is 10.1 Å². The number of carbonyl (C=O) groups is 2. The van der Waals surface area contributed by atoms with Crippen LogP contribution in [0.1, 0.15) is 35.6 Å². The molecule has 0 aliphatic heterocycles. The average Bonchev–Trinajstić information content (AvgIpc) is 3.03. The van der Waals surface area contributed by atoms with Gasteiger partial charge in [0.15, 0.2) is 0 Å². The largest absolute Gasteiger partial charge is 0.354 e. The van der Waals surface area contributed by atoms with Crippen molar-refractivity contribution in [1.82, 2.24) is 10.2 Å². The second-order valence-corrected chi connectivity index (χ2v) is 13.2. The van der Waals surface area contributed by atoms with Crippen molar-refractivity contribution in [3.8, 4) is 0 Å². The van der Waals surface area contributed by atoms with Crippen molar-refractivity contribution in [3.63, 3.8) is 0 Å². The van der Waals surface area contributed by atoms with E-state index < -0.39 is 34.3 Å². The molecule has 0 aliphatic carbocycles. The van der Waals surface area contributed by atoms with Crippen molar-refractivity contribution in [1.29, 1.82) is 0 Å². The molecule has 4 aromatic carbocycles. The Balaban J connectivity index is 1.82. The molecule has 45 heavy (non-hydrogen) atoms. The van der Waals surface area contributed by atoms with Crippen molar-refractivity contribution < 1.29 is 22.4 Å². The second-order valence-electron chi connectivity index (χ2n) is 10.9. The summed E-state index contributed by atoms with van der Waals surface area (Å²) >= 11 is 6.33. The van der Waals surface area contributed by atoms with Crippen LogP contribution in [0.5, 0.6) is 0 Å². The molecule has 2 amide bonds.